The molecule has 7 heteroatoms. The summed E-state index contributed by atoms with van der Waals surface area (Å²) in [6, 6.07) is 1.50. The maximum Gasteiger partial charge on any atom is 0.260 e. The maximum absolute atomic E-state index is 12.8. The minimum atomic E-state index is -3.55. The molecule has 0 unspecified atom stereocenters. The van der Waals surface area contributed by atoms with Crippen molar-refractivity contribution in [2.45, 2.75) is 56.0 Å². The van der Waals surface area contributed by atoms with Crippen LogP contribution in [-0.2, 0) is 10.0 Å². The third kappa shape index (κ3) is 2.75. The Balaban J connectivity index is 2.39. The van der Waals surface area contributed by atoms with Crippen LogP contribution in [0, 0.1) is 0 Å². The Bertz CT molecular complexity index is 506. The fourth-order valence-corrected chi connectivity index (χ4v) is 4.91. The third-order valence-electron chi connectivity index (χ3n) is 4.16. The van der Waals surface area contributed by atoms with Gasteiger partial charge in [0.15, 0.2) is 5.03 Å². The summed E-state index contributed by atoms with van der Waals surface area (Å²) < 4.78 is 27.3. The van der Waals surface area contributed by atoms with Crippen molar-refractivity contribution in [2.24, 2.45) is 5.73 Å². The van der Waals surface area contributed by atoms with Gasteiger partial charge in [0.2, 0.25) is 0 Å². The van der Waals surface area contributed by atoms with Crippen LogP contribution in [0.5, 0.6) is 0 Å². The zero-order chi connectivity index (χ0) is 14.6. The van der Waals surface area contributed by atoms with E-state index >= 15 is 0 Å². The summed E-state index contributed by atoms with van der Waals surface area (Å²) in [4.78, 5) is 0. The van der Waals surface area contributed by atoms with Crippen molar-refractivity contribution in [3.63, 3.8) is 0 Å². The van der Waals surface area contributed by atoms with Crippen molar-refractivity contribution in [1.82, 2.24) is 14.5 Å². The molecule has 1 saturated carbocycles. The predicted molar refractivity (Wildman–Crippen MR) is 77.6 cm³/mol. The standard InChI is InChI=1S/C13H24N4O2S/c1-2-10-17(13(11-14)7-4-3-5-8-13)20(18,19)12-6-9-15-16-12/h6,9H,2-5,7-8,10-11,14H2,1H3,(H,15,16). The second kappa shape index (κ2) is 6.24. The minimum Gasteiger partial charge on any atom is -0.329 e. The summed E-state index contributed by atoms with van der Waals surface area (Å²) in [5.41, 5.74) is 5.56. The molecule has 1 aromatic heterocycles. The molecular formula is C13H24N4O2S. The van der Waals surface area contributed by atoms with Gasteiger partial charge in [-0.2, -0.15) is 9.40 Å². The molecule has 1 aromatic rings. The Kier molecular flexibility index (Phi) is 4.82. The molecule has 114 valence electrons. The van der Waals surface area contributed by atoms with Crippen molar-refractivity contribution < 1.29 is 8.42 Å². The average molecular weight is 300 g/mol. The molecule has 1 fully saturated rings. The summed E-state index contributed by atoms with van der Waals surface area (Å²) in [6.45, 7) is 2.86. The number of aromatic nitrogens is 2. The van der Waals surface area contributed by atoms with E-state index in [4.69, 9.17) is 5.73 Å². The van der Waals surface area contributed by atoms with Crippen LogP contribution in [0.4, 0.5) is 0 Å². The van der Waals surface area contributed by atoms with E-state index in [0.29, 0.717) is 13.1 Å². The predicted octanol–water partition coefficient (Wildman–Crippen LogP) is 1.47. The molecule has 0 aliphatic heterocycles. The maximum atomic E-state index is 12.8. The lowest BCUT2D eigenvalue weighted by Crippen LogP contribution is -2.57. The van der Waals surface area contributed by atoms with Crippen LogP contribution in [0.3, 0.4) is 0 Å². The molecule has 6 nitrogen and oxygen atoms in total. The molecule has 20 heavy (non-hydrogen) atoms. The highest BCUT2D eigenvalue weighted by atomic mass is 32.2. The lowest BCUT2D eigenvalue weighted by molar-refractivity contribution is 0.135. The van der Waals surface area contributed by atoms with Crippen LogP contribution in [0.1, 0.15) is 45.4 Å². The van der Waals surface area contributed by atoms with Gasteiger partial charge in [-0.1, -0.05) is 26.2 Å². The smallest absolute Gasteiger partial charge is 0.260 e. The Labute approximate surface area is 120 Å². The van der Waals surface area contributed by atoms with E-state index in [9.17, 15) is 8.42 Å². The number of H-pyrrole nitrogens is 1. The summed E-state index contributed by atoms with van der Waals surface area (Å²) in [5, 5.41) is 6.50. The Morgan fingerprint density at radius 2 is 2.10 bits per heavy atom. The molecule has 0 amide bonds. The molecule has 0 saturated heterocycles. The van der Waals surface area contributed by atoms with Gasteiger partial charge in [0.1, 0.15) is 0 Å². The Morgan fingerprint density at radius 3 is 2.60 bits per heavy atom. The highest BCUT2D eigenvalue weighted by molar-refractivity contribution is 7.89. The number of rotatable bonds is 6. The molecule has 3 N–H and O–H groups in total. The fourth-order valence-electron chi connectivity index (χ4n) is 3.09. The Hall–Kier alpha value is -0.920. The van der Waals surface area contributed by atoms with Crippen molar-refractivity contribution in [2.75, 3.05) is 13.1 Å². The number of aromatic amines is 1. The largest absolute Gasteiger partial charge is 0.329 e. The van der Waals surface area contributed by atoms with Gasteiger partial charge in [-0.25, -0.2) is 8.42 Å². The van der Waals surface area contributed by atoms with Gasteiger partial charge in [-0.3, -0.25) is 5.10 Å². The molecule has 0 spiro atoms. The lowest BCUT2D eigenvalue weighted by Gasteiger charge is -2.44. The monoisotopic (exact) mass is 300 g/mol. The first-order chi connectivity index (χ1) is 9.57. The highest BCUT2D eigenvalue weighted by Gasteiger charge is 2.43. The van der Waals surface area contributed by atoms with E-state index in [2.05, 4.69) is 10.2 Å². The number of hydrogen-bond donors (Lipinski definition) is 2. The second-order valence-corrected chi connectivity index (χ2v) is 7.32. The minimum absolute atomic E-state index is 0.157. The van der Waals surface area contributed by atoms with Gasteiger partial charge in [0, 0.05) is 18.6 Å². The number of nitrogens with one attached hydrogen (secondary N) is 1. The van der Waals surface area contributed by atoms with E-state index in [1.807, 2.05) is 6.92 Å². The quantitative estimate of drug-likeness (QED) is 0.832. The second-order valence-electron chi connectivity index (χ2n) is 5.49. The molecule has 0 aromatic carbocycles. The summed E-state index contributed by atoms with van der Waals surface area (Å²) in [7, 11) is -3.55. The lowest BCUT2D eigenvalue weighted by atomic mass is 9.81. The molecule has 0 radical (unpaired) electrons. The van der Waals surface area contributed by atoms with Gasteiger partial charge in [-0.15, -0.1) is 0 Å². The zero-order valence-corrected chi connectivity index (χ0v) is 12.8. The van der Waals surface area contributed by atoms with Crippen LogP contribution >= 0.6 is 0 Å². The van der Waals surface area contributed by atoms with Crippen molar-refractivity contribution in [1.29, 1.82) is 0 Å². The Morgan fingerprint density at radius 1 is 1.40 bits per heavy atom. The average Bonchev–Trinajstić information content (AvgIpc) is 3.00. The van der Waals surface area contributed by atoms with E-state index in [1.165, 1.54) is 12.3 Å². The molecule has 1 aliphatic rings. The van der Waals surface area contributed by atoms with Crippen LogP contribution < -0.4 is 5.73 Å². The van der Waals surface area contributed by atoms with Gasteiger partial charge >= 0.3 is 0 Å². The molecular weight excluding hydrogens is 276 g/mol. The fraction of sp³-hybridized carbons (Fsp3) is 0.769. The summed E-state index contributed by atoms with van der Waals surface area (Å²) in [5.74, 6) is 0. The van der Waals surface area contributed by atoms with Crippen molar-refractivity contribution in [3.8, 4) is 0 Å². The first-order valence-electron chi connectivity index (χ1n) is 7.29. The van der Waals surface area contributed by atoms with Crippen LogP contribution in [0.15, 0.2) is 17.3 Å². The van der Waals surface area contributed by atoms with E-state index in [1.54, 1.807) is 4.31 Å². The number of hydrogen-bond acceptors (Lipinski definition) is 4. The molecule has 0 bridgehead atoms. The van der Waals surface area contributed by atoms with E-state index < -0.39 is 15.6 Å². The zero-order valence-electron chi connectivity index (χ0n) is 12.0. The summed E-state index contributed by atoms with van der Waals surface area (Å²) >= 11 is 0. The van der Waals surface area contributed by atoms with Gasteiger partial charge in [0.05, 0.1) is 6.20 Å². The summed E-state index contributed by atoms with van der Waals surface area (Å²) in [6.07, 6.45) is 7.16. The molecule has 2 rings (SSSR count). The van der Waals surface area contributed by atoms with E-state index in [-0.39, 0.29) is 5.03 Å². The van der Waals surface area contributed by atoms with Gasteiger partial charge in [0.25, 0.3) is 10.0 Å². The number of nitrogens with zero attached hydrogens (tertiary/aromatic N) is 2. The SMILES string of the molecule is CCCN(C1(CN)CCCCC1)S(=O)(=O)c1ccn[nH]1. The van der Waals surface area contributed by atoms with Crippen molar-refractivity contribution >= 4 is 10.0 Å². The normalized spacial score (nSPS) is 19.4. The van der Waals surface area contributed by atoms with Gasteiger partial charge in [-0.05, 0) is 25.3 Å². The highest BCUT2D eigenvalue weighted by Crippen LogP contribution is 2.36. The number of nitrogens with two attached hydrogens (primary N) is 1. The van der Waals surface area contributed by atoms with Crippen LogP contribution in [0.25, 0.3) is 0 Å². The molecule has 0 atom stereocenters. The van der Waals surface area contributed by atoms with E-state index in [0.717, 1.165) is 38.5 Å². The van der Waals surface area contributed by atoms with Crippen LogP contribution in [0.2, 0.25) is 0 Å². The molecule has 1 heterocycles. The third-order valence-corrected chi connectivity index (χ3v) is 6.10. The molecule has 1 aliphatic carbocycles. The first kappa shape index (κ1) is 15.5. The van der Waals surface area contributed by atoms with Crippen LogP contribution in [-0.4, -0.2) is 41.5 Å². The topological polar surface area (TPSA) is 92.1 Å². The van der Waals surface area contributed by atoms with Gasteiger partial charge < -0.3 is 5.73 Å². The number of sulfonamides is 1. The van der Waals surface area contributed by atoms with Crippen molar-refractivity contribution in [3.05, 3.63) is 12.3 Å². The first-order valence-corrected chi connectivity index (χ1v) is 8.73.